The lowest BCUT2D eigenvalue weighted by Crippen LogP contribution is -2.54. The molecule has 0 fully saturated rings. The maximum absolute atomic E-state index is 14.5. The van der Waals surface area contributed by atoms with Crippen molar-refractivity contribution in [1.29, 1.82) is 0 Å². The molecule has 4 rings (SSSR count). The van der Waals surface area contributed by atoms with Gasteiger partial charge in [0, 0.05) is 41.2 Å². The molecule has 1 N–H and O–H groups in total. The molecule has 4 aromatic carbocycles. The largest absolute Gasteiger partial charge is 0.352 e. The molecule has 0 aromatic heterocycles. The third-order valence-corrected chi connectivity index (χ3v) is 9.96. The van der Waals surface area contributed by atoms with Gasteiger partial charge in [0.25, 0.3) is 15.7 Å². The zero-order chi connectivity index (χ0) is 34.1. The van der Waals surface area contributed by atoms with Gasteiger partial charge in [0.05, 0.1) is 15.5 Å². The van der Waals surface area contributed by atoms with Crippen LogP contribution in [0.25, 0.3) is 0 Å². The number of nitrogens with zero attached hydrogens (tertiary/aromatic N) is 3. The summed E-state index contributed by atoms with van der Waals surface area (Å²) < 4.78 is 29.0. The fourth-order valence-electron chi connectivity index (χ4n) is 4.82. The third kappa shape index (κ3) is 9.09. The third-order valence-electron chi connectivity index (χ3n) is 7.59. The number of nitro benzene ring substituents is 1. The van der Waals surface area contributed by atoms with Crippen LogP contribution in [0.2, 0.25) is 10.0 Å². The van der Waals surface area contributed by atoms with Crippen molar-refractivity contribution in [3.05, 3.63) is 134 Å². The van der Waals surface area contributed by atoms with E-state index < -0.39 is 39.3 Å². The van der Waals surface area contributed by atoms with E-state index in [4.69, 9.17) is 23.2 Å². The van der Waals surface area contributed by atoms with Crippen LogP contribution in [0.1, 0.15) is 31.4 Å². The highest BCUT2D eigenvalue weighted by Crippen LogP contribution is 2.28. The second-order valence-electron chi connectivity index (χ2n) is 10.9. The van der Waals surface area contributed by atoms with E-state index >= 15 is 0 Å². The van der Waals surface area contributed by atoms with Crippen LogP contribution < -0.4 is 9.62 Å². The minimum Gasteiger partial charge on any atom is -0.352 e. The Morgan fingerprint density at radius 1 is 0.915 bits per heavy atom. The summed E-state index contributed by atoms with van der Waals surface area (Å²) in [5, 5.41) is 14.9. The lowest BCUT2D eigenvalue weighted by Gasteiger charge is -2.34. The van der Waals surface area contributed by atoms with Gasteiger partial charge in [-0.25, -0.2) is 8.42 Å². The SMILES string of the molecule is CCC(C)NC(=O)C(Cc1ccccc1)N(Cc1ccc(Cl)cc1Cl)C(=O)CN(c1ccc([N+](=O)[O-])cc1)S(=O)(=O)c1ccccc1. The van der Waals surface area contributed by atoms with Gasteiger partial charge in [-0.3, -0.25) is 24.0 Å². The molecule has 0 aliphatic heterocycles. The summed E-state index contributed by atoms with van der Waals surface area (Å²) in [7, 11) is -4.36. The average molecular weight is 698 g/mol. The van der Waals surface area contributed by atoms with Crippen molar-refractivity contribution in [2.45, 2.75) is 50.2 Å². The first kappa shape index (κ1) is 35.4. The summed E-state index contributed by atoms with van der Waals surface area (Å²) in [6.45, 7) is 2.91. The number of sulfonamides is 1. The second kappa shape index (κ2) is 15.9. The molecule has 0 aliphatic carbocycles. The van der Waals surface area contributed by atoms with E-state index in [9.17, 15) is 28.1 Å². The lowest BCUT2D eigenvalue weighted by atomic mass is 10.0. The molecule has 2 unspecified atom stereocenters. The summed E-state index contributed by atoms with van der Waals surface area (Å²) >= 11 is 12.7. The number of hydrogen-bond donors (Lipinski definition) is 1. The Bertz CT molecular complexity index is 1810. The summed E-state index contributed by atoms with van der Waals surface area (Å²) in [4.78, 5) is 40.4. The number of halogens is 2. The molecule has 0 radical (unpaired) electrons. The van der Waals surface area contributed by atoms with Gasteiger partial charge in [0.2, 0.25) is 11.8 Å². The Labute approximate surface area is 284 Å². The second-order valence-corrected chi connectivity index (χ2v) is 13.6. The highest BCUT2D eigenvalue weighted by Gasteiger charge is 2.35. The number of anilines is 1. The van der Waals surface area contributed by atoms with Crippen LogP contribution in [0.5, 0.6) is 0 Å². The number of benzene rings is 4. The van der Waals surface area contributed by atoms with Crippen LogP contribution in [0, 0.1) is 10.1 Å². The highest BCUT2D eigenvalue weighted by molar-refractivity contribution is 7.92. The summed E-state index contributed by atoms with van der Waals surface area (Å²) in [6.07, 6.45) is 0.771. The van der Waals surface area contributed by atoms with Crippen molar-refractivity contribution < 1.29 is 22.9 Å². The minimum absolute atomic E-state index is 0.0287. The molecule has 4 aromatic rings. The Kier molecular flexibility index (Phi) is 12.0. The molecule has 47 heavy (non-hydrogen) atoms. The van der Waals surface area contributed by atoms with Crippen LogP contribution in [0.3, 0.4) is 0 Å². The first-order chi connectivity index (χ1) is 22.4. The fraction of sp³-hybridized carbons (Fsp3) is 0.235. The summed E-state index contributed by atoms with van der Waals surface area (Å²) in [5.41, 5.74) is 1.05. The zero-order valence-corrected chi connectivity index (χ0v) is 28.1. The van der Waals surface area contributed by atoms with E-state index in [0.29, 0.717) is 17.0 Å². The van der Waals surface area contributed by atoms with Crippen LogP contribution >= 0.6 is 23.2 Å². The number of nitro groups is 1. The Morgan fingerprint density at radius 3 is 2.11 bits per heavy atom. The van der Waals surface area contributed by atoms with Crippen molar-refractivity contribution >= 4 is 56.4 Å². The lowest BCUT2D eigenvalue weighted by molar-refractivity contribution is -0.384. The number of carbonyl (C=O) groups excluding carboxylic acids is 2. The predicted octanol–water partition coefficient (Wildman–Crippen LogP) is 6.65. The molecule has 0 heterocycles. The maximum Gasteiger partial charge on any atom is 0.269 e. The first-order valence-corrected chi connectivity index (χ1v) is 17.0. The van der Waals surface area contributed by atoms with Gasteiger partial charge in [-0.2, -0.15) is 0 Å². The van der Waals surface area contributed by atoms with Crippen LogP contribution in [0.4, 0.5) is 11.4 Å². The van der Waals surface area contributed by atoms with E-state index in [1.807, 2.05) is 44.2 Å². The van der Waals surface area contributed by atoms with Gasteiger partial charge in [-0.1, -0.05) is 84.7 Å². The number of amides is 2. The van der Waals surface area contributed by atoms with Crippen molar-refractivity contribution in [1.82, 2.24) is 10.2 Å². The smallest absolute Gasteiger partial charge is 0.269 e. The van der Waals surface area contributed by atoms with E-state index in [-0.39, 0.29) is 40.3 Å². The predicted molar refractivity (Wildman–Crippen MR) is 183 cm³/mol. The van der Waals surface area contributed by atoms with Crippen LogP contribution in [-0.4, -0.2) is 48.7 Å². The summed E-state index contributed by atoms with van der Waals surface area (Å²) in [5.74, 6) is -1.12. The molecule has 10 nitrogen and oxygen atoms in total. The quantitative estimate of drug-likeness (QED) is 0.116. The zero-order valence-electron chi connectivity index (χ0n) is 25.8. The van der Waals surface area contributed by atoms with Crippen LogP contribution in [-0.2, 0) is 32.6 Å². The monoisotopic (exact) mass is 696 g/mol. The number of hydrogen-bond acceptors (Lipinski definition) is 6. The molecular weight excluding hydrogens is 663 g/mol. The number of nitrogens with one attached hydrogen (secondary N) is 1. The van der Waals surface area contributed by atoms with Gasteiger partial charge in [-0.05, 0) is 60.9 Å². The van der Waals surface area contributed by atoms with Crippen molar-refractivity contribution in [3.8, 4) is 0 Å². The summed E-state index contributed by atoms with van der Waals surface area (Å²) in [6, 6.07) is 25.1. The van der Waals surface area contributed by atoms with Gasteiger partial charge in [0.15, 0.2) is 0 Å². The number of carbonyl (C=O) groups is 2. The maximum atomic E-state index is 14.5. The highest BCUT2D eigenvalue weighted by atomic mass is 35.5. The number of non-ortho nitro benzene ring substituents is 1. The van der Waals surface area contributed by atoms with E-state index in [1.54, 1.807) is 30.3 Å². The fourth-order valence-corrected chi connectivity index (χ4v) is 6.72. The van der Waals surface area contributed by atoms with Crippen molar-refractivity contribution in [3.63, 3.8) is 0 Å². The molecule has 0 saturated heterocycles. The Balaban J connectivity index is 1.83. The molecular formula is C34H34Cl2N4O6S. The Hall–Kier alpha value is -4.45. The number of rotatable bonds is 14. The van der Waals surface area contributed by atoms with E-state index in [0.717, 1.165) is 22.0 Å². The van der Waals surface area contributed by atoms with Gasteiger partial charge < -0.3 is 10.2 Å². The van der Waals surface area contributed by atoms with Crippen LogP contribution in [0.15, 0.2) is 108 Å². The molecule has 0 aliphatic rings. The van der Waals surface area contributed by atoms with Gasteiger partial charge in [-0.15, -0.1) is 0 Å². The van der Waals surface area contributed by atoms with Crippen molar-refractivity contribution in [2.75, 3.05) is 10.8 Å². The molecule has 246 valence electrons. The van der Waals surface area contributed by atoms with Gasteiger partial charge in [0.1, 0.15) is 12.6 Å². The molecule has 2 atom stereocenters. The standard InChI is InChI=1S/C34H34Cl2N4O6S/c1-3-24(2)37-34(42)32(20-25-10-6-4-7-11-25)38(22-26-14-15-27(35)21-31(26)36)33(41)23-39(28-16-18-29(19-17-28)40(43)44)47(45,46)30-12-8-5-9-13-30/h4-19,21,24,32H,3,20,22-23H2,1-2H3,(H,37,42). The van der Waals surface area contributed by atoms with E-state index in [1.165, 1.54) is 35.2 Å². The van der Waals surface area contributed by atoms with E-state index in [2.05, 4.69) is 5.32 Å². The minimum atomic E-state index is -4.36. The first-order valence-electron chi connectivity index (χ1n) is 14.8. The molecule has 2 amide bonds. The van der Waals surface area contributed by atoms with Crippen molar-refractivity contribution in [2.24, 2.45) is 0 Å². The Morgan fingerprint density at radius 2 is 1.53 bits per heavy atom. The average Bonchev–Trinajstić information content (AvgIpc) is 3.06. The molecule has 13 heteroatoms. The molecule has 0 bridgehead atoms. The topological polar surface area (TPSA) is 130 Å². The molecule has 0 spiro atoms. The normalized spacial score (nSPS) is 12.5. The molecule has 0 saturated carbocycles. The van der Waals surface area contributed by atoms with Gasteiger partial charge >= 0.3 is 0 Å².